The minimum Gasteiger partial charge on any atom is -0.492 e. The Labute approximate surface area is 173 Å². The van der Waals surface area contributed by atoms with E-state index in [0.717, 1.165) is 11.3 Å². The van der Waals surface area contributed by atoms with Crippen LogP contribution in [0.1, 0.15) is 5.56 Å². The van der Waals surface area contributed by atoms with Crippen LogP contribution in [0.4, 0.5) is 0 Å². The van der Waals surface area contributed by atoms with Crippen LogP contribution in [0.25, 0.3) is 10.9 Å². The second kappa shape index (κ2) is 9.93. The lowest BCUT2D eigenvalue weighted by Crippen LogP contribution is -2.30. The molecule has 1 aromatic heterocycles. The van der Waals surface area contributed by atoms with Crippen LogP contribution >= 0.6 is 11.8 Å². The third-order valence-corrected chi connectivity index (χ3v) is 5.13. The third kappa shape index (κ3) is 5.48. The zero-order chi connectivity index (χ0) is 20.6. The molecule has 7 heteroatoms. The molecule has 0 spiro atoms. The number of aromatic nitrogens is 2. The number of benzene rings is 2. The number of thioether (sulfide) groups is 1. The van der Waals surface area contributed by atoms with E-state index >= 15 is 0 Å². The van der Waals surface area contributed by atoms with Crippen LogP contribution in [0.5, 0.6) is 5.75 Å². The monoisotopic (exact) mass is 409 g/mol. The molecule has 0 saturated heterocycles. The molecule has 0 aliphatic rings. The fourth-order valence-electron chi connectivity index (χ4n) is 2.79. The van der Waals surface area contributed by atoms with E-state index in [1.165, 1.54) is 16.3 Å². The Morgan fingerprint density at radius 1 is 1.28 bits per heavy atom. The summed E-state index contributed by atoms with van der Waals surface area (Å²) in [7, 11) is 0. The van der Waals surface area contributed by atoms with E-state index in [2.05, 4.69) is 16.9 Å². The van der Waals surface area contributed by atoms with Crippen LogP contribution < -0.4 is 15.6 Å². The first-order valence-corrected chi connectivity index (χ1v) is 10.3. The predicted octanol–water partition coefficient (Wildman–Crippen LogP) is 3.18. The molecule has 1 N–H and O–H groups in total. The van der Waals surface area contributed by atoms with Gasteiger partial charge in [-0.25, -0.2) is 4.98 Å². The summed E-state index contributed by atoms with van der Waals surface area (Å²) in [5, 5.41) is 3.87. The van der Waals surface area contributed by atoms with Crippen molar-refractivity contribution in [3.8, 4) is 5.75 Å². The molecular weight excluding hydrogens is 386 g/mol. The lowest BCUT2D eigenvalue weighted by atomic mass is 10.2. The normalized spacial score (nSPS) is 10.7. The van der Waals surface area contributed by atoms with Gasteiger partial charge in [0.25, 0.3) is 5.56 Å². The fourth-order valence-corrected chi connectivity index (χ4v) is 3.63. The number of nitrogens with zero attached hydrogens (tertiary/aromatic N) is 2. The lowest BCUT2D eigenvalue weighted by Gasteiger charge is -2.11. The van der Waals surface area contributed by atoms with Crippen molar-refractivity contribution >= 4 is 28.6 Å². The Morgan fingerprint density at radius 2 is 2.10 bits per heavy atom. The summed E-state index contributed by atoms with van der Waals surface area (Å²) < 4.78 is 7.16. The van der Waals surface area contributed by atoms with Crippen molar-refractivity contribution in [2.75, 3.05) is 18.9 Å². The Bertz CT molecular complexity index is 1080. The Hall–Kier alpha value is -3.06. The van der Waals surface area contributed by atoms with Gasteiger partial charge in [-0.15, -0.1) is 6.58 Å². The van der Waals surface area contributed by atoms with Crippen LogP contribution in [-0.4, -0.2) is 34.4 Å². The van der Waals surface area contributed by atoms with Gasteiger partial charge in [-0.05, 0) is 36.8 Å². The van der Waals surface area contributed by atoms with Gasteiger partial charge in [0.2, 0.25) is 5.91 Å². The van der Waals surface area contributed by atoms with E-state index < -0.39 is 0 Å². The Morgan fingerprint density at radius 3 is 2.90 bits per heavy atom. The van der Waals surface area contributed by atoms with Gasteiger partial charge in [0, 0.05) is 6.54 Å². The van der Waals surface area contributed by atoms with Crippen LogP contribution in [0.2, 0.25) is 0 Å². The largest absolute Gasteiger partial charge is 0.492 e. The molecule has 0 radical (unpaired) electrons. The maximum absolute atomic E-state index is 12.7. The predicted molar refractivity (Wildman–Crippen MR) is 117 cm³/mol. The van der Waals surface area contributed by atoms with Gasteiger partial charge in [0.05, 0.1) is 23.2 Å². The number of amides is 1. The average Bonchev–Trinajstić information content (AvgIpc) is 2.72. The zero-order valence-corrected chi connectivity index (χ0v) is 17.1. The number of fused-ring (bicyclic) bond motifs is 1. The van der Waals surface area contributed by atoms with Gasteiger partial charge in [-0.1, -0.05) is 42.1 Å². The standard InChI is InChI=1S/C22H23N3O3S/c1-3-12-25-21(27)18-9-4-5-10-19(18)24-22(25)29-15-20(26)23-11-13-28-17-8-6-7-16(2)14-17/h3-10,14H,1,11-13,15H2,2H3,(H,23,26). The van der Waals surface area contributed by atoms with Gasteiger partial charge < -0.3 is 10.1 Å². The number of hydrogen-bond donors (Lipinski definition) is 1. The van der Waals surface area contributed by atoms with Crippen LogP contribution in [-0.2, 0) is 11.3 Å². The number of aryl methyl sites for hydroxylation is 1. The van der Waals surface area contributed by atoms with Gasteiger partial charge in [-0.2, -0.15) is 0 Å². The van der Waals surface area contributed by atoms with E-state index in [9.17, 15) is 9.59 Å². The highest BCUT2D eigenvalue weighted by Gasteiger charge is 2.12. The molecular formula is C22H23N3O3S. The molecule has 1 heterocycles. The molecule has 150 valence electrons. The van der Waals surface area contributed by atoms with Crippen molar-refractivity contribution in [1.29, 1.82) is 0 Å². The first kappa shape index (κ1) is 20.7. The summed E-state index contributed by atoms with van der Waals surface area (Å²) in [5.74, 6) is 0.796. The van der Waals surface area contributed by atoms with E-state index in [4.69, 9.17) is 4.74 Å². The highest BCUT2D eigenvalue weighted by Crippen LogP contribution is 2.17. The molecule has 29 heavy (non-hydrogen) atoms. The number of hydrogen-bond acceptors (Lipinski definition) is 5. The Balaban J connectivity index is 1.56. The molecule has 0 unspecified atom stereocenters. The van der Waals surface area contributed by atoms with Crippen molar-refractivity contribution in [3.63, 3.8) is 0 Å². The first-order valence-electron chi connectivity index (χ1n) is 9.28. The molecule has 6 nitrogen and oxygen atoms in total. The number of ether oxygens (including phenoxy) is 1. The molecule has 0 fully saturated rings. The van der Waals surface area contributed by atoms with Crippen molar-refractivity contribution in [2.24, 2.45) is 0 Å². The van der Waals surface area contributed by atoms with E-state index in [1.54, 1.807) is 18.2 Å². The fraction of sp³-hybridized carbons (Fsp3) is 0.227. The molecule has 0 aliphatic carbocycles. The topological polar surface area (TPSA) is 73.2 Å². The van der Waals surface area contributed by atoms with Crippen LogP contribution in [0.15, 0.2) is 71.1 Å². The van der Waals surface area contributed by atoms with Gasteiger partial charge in [0.15, 0.2) is 5.16 Å². The number of carbonyl (C=O) groups is 1. The smallest absolute Gasteiger partial charge is 0.262 e. The summed E-state index contributed by atoms with van der Waals surface area (Å²) in [6.45, 7) is 6.83. The minimum absolute atomic E-state index is 0.134. The molecule has 2 aromatic carbocycles. The maximum atomic E-state index is 12.7. The summed E-state index contributed by atoms with van der Waals surface area (Å²) in [6.07, 6.45) is 1.64. The van der Waals surface area contributed by atoms with Crippen molar-refractivity contribution in [1.82, 2.24) is 14.9 Å². The second-order valence-corrected chi connectivity index (χ2v) is 7.36. The summed E-state index contributed by atoms with van der Waals surface area (Å²) in [4.78, 5) is 29.4. The molecule has 3 aromatic rings. The molecule has 0 atom stereocenters. The number of nitrogens with one attached hydrogen (secondary N) is 1. The highest BCUT2D eigenvalue weighted by atomic mass is 32.2. The summed E-state index contributed by atoms with van der Waals surface area (Å²) in [5.41, 5.74) is 1.61. The minimum atomic E-state index is -0.143. The summed E-state index contributed by atoms with van der Waals surface area (Å²) >= 11 is 1.23. The van der Waals surface area contributed by atoms with Gasteiger partial charge in [-0.3, -0.25) is 14.2 Å². The van der Waals surface area contributed by atoms with Crippen LogP contribution in [0.3, 0.4) is 0 Å². The van der Waals surface area contributed by atoms with Gasteiger partial charge in [0.1, 0.15) is 12.4 Å². The molecule has 1 amide bonds. The number of allylic oxidation sites excluding steroid dienone is 1. The second-order valence-electron chi connectivity index (χ2n) is 6.42. The van der Waals surface area contributed by atoms with E-state index in [0.29, 0.717) is 35.8 Å². The number of para-hydroxylation sites is 1. The summed E-state index contributed by atoms with van der Waals surface area (Å²) in [6, 6.07) is 14.9. The maximum Gasteiger partial charge on any atom is 0.262 e. The van der Waals surface area contributed by atoms with E-state index in [1.807, 2.05) is 43.3 Å². The number of carbonyl (C=O) groups excluding carboxylic acids is 1. The molecule has 0 bridgehead atoms. The van der Waals surface area contributed by atoms with Crippen molar-refractivity contribution < 1.29 is 9.53 Å². The lowest BCUT2D eigenvalue weighted by molar-refractivity contribution is -0.118. The van der Waals surface area contributed by atoms with Crippen molar-refractivity contribution in [3.05, 3.63) is 77.1 Å². The van der Waals surface area contributed by atoms with Crippen molar-refractivity contribution in [2.45, 2.75) is 18.6 Å². The highest BCUT2D eigenvalue weighted by molar-refractivity contribution is 7.99. The quantitative estimate of drug-likeness (QED) is 0.254. The van der Waals surface area contributed by atoms with E-state index in [-0.39, 0.29) is 17.2 Å². The molecule has 0 saturated carbocycles. The van der Waals surface area contributed by atoms with Crippen LogP contribution in [0, 0.1) is 6.92 Å². The molecule has 3 rings (SSSR count). The number of rotatable bonds is 9. The third-order valence-electron chi connectivity index (χ3n) is 4.15. The molecule has 0 aliphatic heterocycles. The average molecular weight is 410 g/mol. The zero-order valence-electron chi connectivity index (χ0n) is 16.3. The van der Waals surface area contributed by atoms with Gasteiger partial charge >= 0.3 is 0 Å². The SMILES string of the molecule is C=CCn1c(SCC(=O)NCCOc2cccc(C)c2)nc2ccccc2c1=O. The Kier molecular flexibility index (Phi) is 7.08. The first-order chi connectivity index (χ1) is 14.1.